The van der Waals surface area contributed by atoms with Crippen molar-refractivity contribution in [3.8, 4) is 5.75 Å². The minimum atomic E-state index is 0.0890. The van der Waals surface area contributed by atoms with Gasteiger partial charge in [0.15, 0.2) is 0 Å². The van der Waals surface area contributed by atoms with Crippen LogP contribution in [0.3, 0.4) is 0 Å². The lowest BCUT2D eigenvalue weighted by Gasteiger charge is -2.34. The molecule has 0 saturated carbocycles. The van der Waals surface area contributed by atoms with Gasteiger partial charge in [0.2, 0.25) is 5.91 Å². The van der Waals surface area contributed by atoms with Crippen LogP contribution in [0.1, 0.15) is 24.0 Å². The molecule has 148 valence electrons. The summed E-state index contributed by atoms with van der Waals surface area (Å²) in [5.41, 5.74) is 2.21. The fourth-order valence-corrected chi connectivity index (χ4v) is 3.80. The Bertz CT molecular complexity index is 784. The minimum Gasteiger partial charge on any atom is -0.492 e. The average molecular weight is 381 g/mol. The molecule has 1 saturated heterocycles. The Morgan fingerprint density at radius 1 is 1.21 bits per heavy atom. The van der Waals surface area contributed by atoms with E-state index in [4.69, 9.17) is 9.47 Å². The molecule has 0 radical (unpaired) electrons. The van der Waals surface area contributed by atoms with Crippen molar-refractivity contribution in [2.75, 3.05) is 32.8 Å². The van der Waals surface area contributed by atoms with E-state index in [-0.39, 0.29) is 12.0 Å². The fraction of sp³-hybridized carbons (Fsp3) is 0.455. The summed E-state index contributed by atoms with van der Waals surface area (Å²) in [6, 6.07) is 12.0. The molecule has 1 unspecified atom stereocenters. The lowest BCUT2D eigenvalue weighted by Crippen LogP contribution is -2.47. The van der Waals surface area contributed by atoms with Crippen LogP contribution in [0, 0.1) is 0 Å². The van der Waals surface area contributed by atoms with Crippen molar-refractivity contribution in [2.24, 2.45) is 0 Å². The van der Waals surface area contributed by atoms with Crippen molar-refractivity contribution in [1.82, 2.24) is 14.8 Å². The van der Waals surface area contributed by atoms with Crippen molar-refractivity contribution in [3.63, 3.8) is 0 Å². The number of hydrogen-bond acceptors (Lipinski definition) is 5. The molecule has 3 heterocycles. The van der Waals surface area contributed by atoms with Gasteiger partial charge in [-0.15, -0.1) is 0 Å². The number of benzene rings is 1. The van der Waals surface area contributed by atoms with Gasteiger partial charge in [0, 0.05) is 44.1 Å². The number of amides is 1. The van der Waals surface area contributed by atoms with Gasteiger partial charge >= 0.3 is 0 Å². The van der Waals surface area contributed by atoms with Gasteiger partial charge in [-0.05, 0) is 30.5 Å². The first-order chi connectivity index (χ1) is 13.8. The van der Waals surface area contributed by atoms with E-state index in [9.17, 15) is 4.79 Å². The summed E-state index contributed by atoms with van der Waals surface area (Å²) < 4.78 is 11.8. The summed E-state index contributed by atoms with van der Waals surface area (Å²) >= 11 is 0. The molecule has 0 bridgehead atoms. The van der Waals surface area contributed by atoms with Crippen molar-refractivity contribution in [3.05, 3.63) is 59.9 Å². The lowest BCUT2D eigenvalue weighted by molar-refractivity contribution is -0.137. The Morgan fingerprint density at radius 3 is 3.04 bits per heavy atom. The van der Waals surface area contributed by atoms with E-state index >= 15 is 0 Å². The number of pyridine rings is 1. The van der Waals surface area contributed by atoms with Gasteiger partial charge in [-0.1, -0.05) is 24.3 Å². The summed E-state index contributed by atoms with van der Waals surface area (Å²) in [5.74, 6) is 1.10. The summed E-state index contributed by atoms with van der Waals surface area (Å²) in [6.45, 7) is 4.56. The number of hydrogen-bond donors (Lipinski definition) is 0. The molecule has 1 aromatic heterocycles. The number of likely N-dealkylation sites (tertiary alicyclic amines) is 1. The van der Waals surface area contributed by atoms with E-state index in [2.05, 4.69) is 16.0 Å². The second-order valence-corrected chi connectivity index (χ2v) is 7.44. The molecule has 0 aliphatic carbocycles. The largest absolute Gasteiger partial charge is 0.492 e. The van der Waals surface area contributed by atoms with Crippen LogP contribution in [0.15, 0.2) is 48.8 Å². The summed E-state index contributed by atoms with van der Waals surface area (Å²) in [4.78, 5) is 21.1. The number of piperidine rings is 1. The van der Waals surface area contributed by atoms with E-state index in [1.165, 1.54) is 0 Å². The van der Waals surface area contributed by atoms with Gasteiger partial charge in [-0.25, -0.2) is 0 Å². The minimum absolute atomic E-state index is 0.0890. The van der Waals surface area contributed by atoms with Crippen molar-refractivity contribution in [2.45, 2.75) is 32.1 Å². The van der Waals surface area contributed by atoms with Gasteiger partial charge in [0.05, 0.1) is 19.3 Å². The van der Waals surface area contributed by atoms with Crippen LogP contribution in [0.25, 0.3) is 0 Å². The zero-order valence-electron chi connectivity index (χ0n) is 16.1. The van der Waals surface area contributed by atoms with E-state index in [1.807, 2.05) is 41.4 Å². The van der Waals surface area contributed by atoms with E-state index in [0.717, 1.165) is 49.4 Å². The third-order valence-electron chi connectivity index (χ3n) is 5.33. The highest BCUT2D eigenvalue weighted by Crippen LogP contribution is 2.22. The SMILES string of the molecule is O=C(CN1CCOc2ccccc2C1)N1CCCC(OCc2cccnc2)C1. The van der Waals surface area contributed by atoms with Crippen LogP contribution in [0.5, 0.6) is 5.75 Å². The molecule has 4 rings (SSSR count). The number of fused-ring (bicyclic) bond motifs is 1. The van der Waals surface area contributed by atoms with Crippen LogP contribution in [-0.4, -0.2) is 59.6 Å². The van der Waals surface area contributed by atoms with Gasteiger partial charge in [-0.3, -0.25) is 14.7 Å². The molecule has 28 heavy (non-hydrogen) atoms. The Labute approximate surface area is 166 Å². The van der Waals surface area contributed by atoms with Crippen molar-refractivity contribution >= 4 is 5.91 Å². The summed E-state index contributed by atoms with van der Waals surface area (Å²) in [5, 5.41) is 0. The van der Waals surface area contributed by atoms with E-state index in [1.54, 1.807) is 6.20 Å². The van der Waals surface area contributed by atoms with Gasteiger partial charge in [0.25, 0.3) is 0 Å². The summed E-state index contributed by atoms with van der Waals surface area (Å²) in [6.07, 6.45) is 5.65. The van der Waals surface area contributed by atoms with E-state index < -0.39 is 0 Å². The molecule has 6 heteroatoms. The monoisotopic (exact) mass is 381 g/mol. The third kappa shape index (κ3) is 4.88. The van der Waals surface area contributed by atoms with Crippen molar-refractivity contribution < 1.29 is 14.3 Å². The normalized spacial score (nSPS) is 20.1. The van der Waals surface area contributed by atoms with E-state index in [0.29, 0.717) is 26.3 Å². The second-order valence-electron chi connectivity index (χ2n) is 7.44. The number of rotatable bonds is 5. The van der Waals surface area contributed by atoms with Crippen LogP contribution in [-0.2, 0) is 22.7 Å². The molecule has 1 fully saturated rings. The molecule has 6 nitrogen and oxygen atoms in total. The van der Waals surface area contributed by atoms with Gasteiger partial charge < -0.3 is 14.4 Å². The number of carbonyl (C=O) groups excluding carboxylic acids is 1. The number of ether oxygens (including phenoxy) is 2. The fourth-order valence-electron chi connectivity index (χ4n) is 3.80. The predicted octanol–water partition coefficient (Wildman–Crippen LogP) is 2.48. The highest BCUT2D eigenvalue weighted by atomic mass is 16.5. The smallest absolute Gasteiger partial charge is 0.236 e. The molecule has 2 aliphatic heterocycles. The van der Waals surface area contributed by atoms with Crippen LogP contribution in [0.2, 0.25) is 0 Å². The number of nitrogens with zero attached hydrogens (tertiary/aromatic N) is 3. The first-order valence-corrected chi connectivity index (χ1v) is 9.99. The maximum Gasteiger partial charge on any atom is 0.236 e. The Kier molecular flexibility index (Phi) is 6.19. The molecule has 0 spiro atoms. The molecule has 0 N–H and O–H groups in total. The first-order valence-electron chi connectivity index (χ1n) is 9.99. The Balaban J connectivity index is 1.29. The van der Waals surface area contributed by atoms with Crippen LogP contribution >= 0.6 is 0 Å². The number of carbonyl (C=O) groups is 1. The zero-order chi connectivity index (χ0) is 19.2. The molecular weight excluding hydrogens is 354 g/mol. The quantitative estimate of drug-likeness (QED) is 0.797. The number of aromatic nitrogens is 1. The molecule has 2 aliphatic rings. The third-order valence-corrected chi connectivity index (χ3v) is 5.33. The molecule has 1 atom stereocenters. The Morgan fingerprint density at radius 2 is 2.14 bits per heavy atom. The first kappa shape index (κ1) is 18.9. The molecule has 1 amide bonds. The molecule has 1 aromatic carbocycles. The Hall–Kier alpha value is -2.44. The van der Waals surface area contributed by atoms with Crippen molar-refractivity contribution in [1.29, 1.82) is 0 Å². The highest BCUT2D eigenvalue weighted by molar-refractivity contribution is 5.78. The molecule has 2 aromatic rings. The lowest BCUT2D eigenvalue weighted by atomic mass is 10.1. The maximum absolute atomic E-state index is 12.9. The standard InChI is InChI=1S/C22H27N3O3/c26-22(16-24-11-12-27-21-8-2-1-6-19(21)14-24)25-10-4-7-20(15-25)28-17-18-5-3-9-23-13-18/h1-3,5-6,8-9,13,20H,4,7,10-12,14-17H2. The zero-order valence-corrected chi connectivity index (χ0v) is 16.1. The summed E-state index contributed by atoms with van der Waals surface area (Å²) in [7, 11) is 0. The highest BCUT2D eigenvalue weighted by Gasteiger charge is 2.26. The number of para-hydroxylation sites is 1. The average Bonchev–Trinajstić information content (AvgIpc) is 2.95. The predicted molar refractivity (Wildman–Crippen MR) is 106 cm³/mol. The van der Waals surface area contributed by atoms with Gasteiger partial charge in [0.1, 0.15) is 12.4 Å². The molecular formula is C22H27N3O3. The maximum atomic E-state index is 12.9. The topological polar surface area (TPSA) is 54.9 Å². The van der Waals surface area contributed by atoms with Gasteiger partial charge in [-0.2, -0.15) is 0 Å². The van der Waals surface area contributed by atoms with Crippen LogP contribution < -0.4 is 4.74 Å². The van der Waals surface area contributed by atoms with Crippen LogP contribution in [0.4, 0.5) is 0 Å². The second kappa shape index (κ2) is 9.17.